The number of thiophene rings is 1. The molecule has 0 spiro atoms. The van der Waals surface area contributed by atoms with Gasteiger partial charge in [-0.3, -0.25) is 0 Å². The molecule has 0 amide bonds. The van der Waals surface area contributed by atoms with E-state index >= 15 is 0 Å². The third kappa shape index (κ3) is 4.28. The summed E-state index contributed by atoms with van der Waals surface area (Å²) < 4.78 is 38.9. The van der Waals surface area contributed by atoms with E-state index in [0.29, 0.717) is 21.3 Å². The molecule has 0 saturated heterocycles. The van der Waals surface area contributed by atoms with E-state index in [0.717, 1.165) is 11.1 Å². The Bertz CT molecular complexity index is 1260. The van der Waals surface area contributed by atoms with Crippen molar-refractivity contribution in [1.29, 1.82) is 0 Å². The van der Waals surface area contributed by atoms with Gasteiger partial charge in [0.05, 0.1) is 16.9 Å². The van der Waals surface area contributed by atoms with Gasteiger partial charge in [-0.05, 0) is 30.7 Å². The van der Waals surface area contributed by atoms with Crippen LogP contribution in [0.4, 0.5) is 0 Å². The van der Waals surface area contributed by atoms with Crippen LogP contribution in [0.2, 0.25) is 0 Å². The number of ether oxygens (including phenoxy) is 1. The van der Waals surface area contributed by atoms with Crippen LogP contribution in [0.5, 0.6) is 5.75 Å². The molecule has 0 unspecified atom stereocenters. The van der Waals surface area contributed by atoms with Crippen LogP contribution < -0.4 is 9.46 Å². The summed E-state index contributed by atoms with van der Waals surface area (Å²) in [7, 11) is -2.14. The fourth-order valence-corrected chi connectivity index (χ4v) is 5.43. The van der Waals surface area contributed by atoms with E-state index < -0.39 is 10.0 Å². The van der Waals surface area contributed by atoms with E-state index in [1.807, 2.05) is 42.5 Å². The Labute approximate surface area is 178 Å². The number of hydrogen-bond donors (Lipinski definition) is 1. The van der Waals surface area contributed by atoms with Gasteiger partial charge in [-0.15, -0.1) is 11.3 Å². The molecule has 0 radical (unpaired) electrons. The summed E-state index contributed by atoms with van der Waals surface area (Å²) in [4.78, 5) is 5.84. The minimum atomic E-state index is -3.71. The average molecular weight is 442 g/mol. The quantitative estimate of drug-likeness (QED) is 0.460. The molecule has 4 aromatic rings. The van der Waals surface area contributed by atoms with Gasteiger partial charge in [-0.1, -0.05) is 47.6 Å². The second kappa shape index (κ2) is 8.39. The van der Waals surface area contributed by atoms with Crippen molar-refractivity contribution in [1.82, 2.24) is 14.9 Å². The van der Waals surface area contributed by atoms with Crippen LogP contribution in [0, 0.1) is 6.92 Å². The zero-order valence-electron chi connectivity index (χ0n) is 16.3. The minimum absolute atomic E-state index is 0.156. The van der Waals surface area contributed by atoms with Crippen molar-refractivity contribution in [3.8, 4) is 27.9 Å². The molecular formula is C21H19N3O4S2. The first-order valence-corrected chi connectivity index (χ1v) is 11.4. The van der Waals surface area contributed by atoms with Crippen LogP contribution in [0.15, 0.2) is 70.1 Å². The van der Waals surface area contributed by atoms with Gasteiger partial charge in [0.1, 0.15) is 5.75 Å². The van der Waals surface area contributed by atoms with E-state index in [2.05, 4.69) is 14.9 Å². The molecule has 30 heavy (non-hydrogen) atoms. The molecule has 1 N–H and O–H groups in total. The van der Waals surface area contributed by atoms with E-state index in [-0.39, 0.29) is 17.3 Å². The predicted octanol–water partition coefficient (Wildman–Crippen LogP) is 4.26. The second-order valence-electron chi connectivity index (χ2n) is 6.50. The Hall–Kier alpha value is -3.01. The van der Waals surface area contributed by atoms with Crippen molar-refractivity contribution in [3.63, 3.8) is 0 Å². The summed E-state index contributed by atoms with van der Waals surface area (Å²) in [5, 5.41) is 4.00. The molecule has 7 nitrogen and oxygen atoms in total. The monoisotopic (exact) mass is 441 g/mol. The highest BCUT2D eigenvalue weighted by molar-refractivity contribution is 7.89. The fraction of sp³-hybridized carbons (Fsp3) is 0.143. The van der Waals surface area contributed by atoms with E-state index in [1.165, 1.54) is 11.3 Å². The third-order valence-corrected chi connectivity index (χ3v) is 7.13. The summed E-state index contributed by atoms with van der Waals surface area (Å²) in [6.07, 6.45) is 0. The molecular weight excluding hydrogens is 422 g/mol. The first-order chi connectivity index (χ1) is 14.5. The van der Waals surface area contributed by atoms with Crippen molar-refractivity contribution in [2.75, 3.05) is 7.11 Å². The number of rotatable bonds is 7. The van der Waals surface area contributed by atoms with Gasteiger partial charge in [0.2, 0.25) is 15.8 Å². The summed E-state index contributed by atoms with van der Waals surface area (Å²) in [5.74, 6) is 1.42. The van der Waals surface area contributed by atoms with E-state index in [9.17, 15) is 8.42 Å². The largest absolute Gasteiger partial charge is 0.497 e. The van der Waals surface area contributed by atoms with Crippen molar-refractivity contribution < 1.29 is 17.7 Å². The molecule has 9 heteroatoms. The molecule has 0 fully saturated rings. The molecule has 0 atom stereocenters. The van der Waals surface area contributed by atoms with Crippen LogP contribution >= 0.6 is 11.3 Å². The molecule has 0 aliphatic rings. The van der Waals surface area contributed by atoms with Gasteiger partial charge >= 0.3 is 0 Å². The molecule has 154 valence electrons. The minimum Gasteiger partial charge on any atom is -0.497 e. The number of nitrogens with one attached hydrogen (secondary N) is 1. The van der Waals surface area contributed by atoms with Gasteiger partial charge < -0.3 is 9.26 Å². The molecule has 2 heterocycles. The Morgan fingerprint density at radius 3 is 2.67 bits per heavy atom. The number of sulfonamides is 1. The molecule has 0 saturated carbocycles. The number of nitrogens with zero attached hydrogens (tertiary/aromatic N) is 2. The highest BCUT2D eigenvalue weighted by atomic mass is 32.2. The van der Waals surface area contributed by atoms with Crippen LogP contribution in [0.25, 0.3) is 22.2 Å². The fourth-order valence-electron chi connectivity index (χ4n) is 2.90. The van der Waals surface area contributed by atoms with Gasteiger partial charge in [0.25, 0.3) is 5.89 Å². The lowest BCUT2D eigenvalue weighted by Crippen LogP contribution is -2.23. The average Bonchev–Trinajstić information content (AvgIpc) is 3.40. The topological polar surface area (TPSA) is 94.3 Å². The van der Waals surface area contributed by atoms with Crippen molar-refractivity contribution in [2.45, 2.75) is 18.4 Å². The van der Waals surface area contributed by atoms with Crippen molar-refractivity contribution in [2.24, 2.45) is 0 Å². The molecule has 4 rings (SSSR count). The highest BCUT2D eigenvalue weighted by Crippen LogP contribution is 2.33. The maximum Gasteiger partial charge on any atom is 0.268 e. The molecule has 0 bridgehead atoms. The number of aromatic nitrogens is 2. The number of hydrogen-bond acceptors (Lipinski definition) is 7. The summed E-state index contributed by atoms with van der Waals surface area (Å²) >= 11 is 1.30. The molecule has 2 aromatic carbocycles. The molecule has 0 aliphatic heterocycles. The Morgan fingerprint density at radius 2 is 1.90 bits per heavy atom. The predicted molar refractivity (Wildman–Crippen MR) is 115 cm³/mol. The Balaban J connectivity index is 1.55. The first-order valence-electron chi connectivity index (χ1n) is 9.09. The maximum atomic E-state index is 12.8. The standard InChI is InChI=1S/C21H19N3O4S2/c1-14-19(30(25,26)22-13-15-7-6-10-17(11-15)27-2)12-18(29-14)21-23-20(24-28-21)16-8-4-3-5-9-16/h3-12,22H,13H2,1-2H3. The molecule has 0 aliphatic carbocycles. The van der Waals surface area contributed by atoms with Crippen LogP contribution in [0.1, 0.15) is 10.4 Å². The Kier molecular flexibility index (Phi) is 5.67. The lowest BCUT2D eigenvalue weighted by Gasteiger charge is -2.07. The summed E-state index contributed by atoms with van der Waals surface area (Å²) in [5.41, 5.74) is 1.63. The maximum absolute atomic E-state index is 12.8. The lowest BCUT2D eigenvalue weighted by atomic mass is 10.2. The van der Waals surface area contributed by atoms with Crippen molar-refractivity contribution in [3.05, 3.63) is 71.1 Å². The van der Waals surface area contributed by atoms with Crippen LogP contribution in [-0.4, -0.2) is 25.7 Å². The van der Waals surface area contributed by atoms with Crippen molar-refractivity contribution >= 4 is 21.4 Å². The normalized spacial score (nSPS) is 11.5. The number of benzene rings is 2. The number of aryl methyl sites for hydroxylation is 1. The lowest BCUT2D eigenvalue weighted by molar-refractivity contribution is 0.414. The van der Waals surface area contributed by atoms with Gasteiger partial charge in [0.15, 0.2) is 0 Å². The zero-order valence-corrected chi connectivity index (χ0v) is 18.0. The van der Waals surface area contributed by atoms with Crippen LogP contribution in [-0.2, 0) is 16.6 Å². The first kappa shape index (κ1) is 20.3. The zero-order chi connectivity index (χ0) is 21.1. The summed E-state index contributed by atoms with van der Waals surface area (Å²) in [6, 6.07) is 18.3. The Morgan fingerprint density at radius 1 is 1.10 bits per heavy atom. The summed E-state index contributed by atoms with van der Waals surface area (Å²) in [6.45, 7) is 1.91. The second-order valence-corrected chi connectivity index (χ2v) is 9.49. The molecule has 2 aromatic heterocycles. The van der Waals surface area contributed by atoms with Gasteiger partial charge in [0, 0.05) is 17.0 Å². The van der Waals surface area contributed by atoms with E-state index in [4.69, 9.17) is 9.26 Å². The third-order valence-electron chi connectivity index (χ3n) is 4.43. The van der Waals surface area contributed by atoms with Gasteiger partial charge in [-0.25, -0.2) is 13.1 Å². The SMILES string of the molecule is COc1cccc(CNS(=O)(=O)c2cc(-c3nc(-c4ccccc4)no3)sc2C)c1. The van der Waals surface area contributed by atoms with Gasteiger partial charge in [-0.2, -0.15) is 4.98 Å². The van der Waals surface area contributed by atoms with Crippen LogP contribution in [0.3, 0.4) is 0 Å². The smallest absolute Gasteiger partial charge is 0.268 e. The number of methoxy groups -OCH3 is 1. The van der Waals surface area contributed by atoms with E-state index in [1.54, 1.807) is 32.2 Å². The highest BCUT2D eigenvalue weighted by Gasteiger charge is 2.22.